The topological polar surface area (TPSA) is 74.2 Å². The molecule has 1 aliphatic heterocycles. The zero-order valence-electron chi connectivity index (χ0n) is 16.4. The predicted octanol–water partition coefficient (Wildman–Crippen LogP) is 4.40. The molecule has 0 saturated carbocycles. The van der Waals surface area contributed by atoms with Gasteiger partial charge in [-0.3, -0.25) is 0 Å². The largest absolute Gasteiger partial charge is 0.497 e. The van der Waals surface area contributed by atoms with Crippen LogP contribution >= 0.6 is 0 Å². The van der Waals surface area contributed by atoms with Gasteiger partial charge in [-0.25, -0.2) is 19.0 Å². The lowest BCUT2D eigenvalue weighted by atomic mass is 10.2. The average molecular weight is 417 g/mol. The molecule has 3 aromatic rings. The highest BCUT2D eigenvalue weighted by molar-refractivity contribution is 6.12. The highest BCUT2D eigenvalue weighted by Crippen LogP contribution is 2.22. The lowest BCUT2D eigenvalue weighted by molar-refractivity contribution is -0.129. The van der Waals surface area contributed by atoms with E-state index in [1.807, 2.05) is 0 Å². The van der Waals surface area contributed by atoms with Gasteiger partial charge in [0, 0.05) is 5.56 Å². The van der Waals surface area contributed by atoms with Gasteiger partial charge < -0.3 is 14.2 Å². The minimum absolute atomic E-state index is 0.141. The van der Waals surface area contributed by atoms with Crippen LogP contribution in [0.15, 0.2) is 83.5 Å². The standard InChI is InChI=1S/C24H16FNO5/c1-29-17-12-8-16(9-13-17)22-26-21(24(28)31-22)14-15-6-10-18(11-7-15)30-23(27)19-4-2-3-5-20(19)25/h2-14H,1H3/b21-14+. The molecule has 0 fully saturated rings. The van der Waals surface area contributed by atoms with Gasteiger partial charge in [0.25, 0.3) is 0 Å². The van der Waals surface area contributed by atoms with Crippen molar-refractivity contribution < 1.29 is 28.2 Å². The Morgan fingerprint density at radius 1 is 0.968 bits per heavy atom. The molecule has 0 amide bonds. The Morgan fingerprint density at radius 2 is 1.65 bits per heavy atom. The van der Waals surface area contributed by atoms with Gasteiger partial charge in [0.1, 0.15) is 17.3 Å². The van der Waals surface area contributed by atoms with Crippen LogP contribution in [0.2, 0.25) is 0 Å². The van der Waals surface area contributed by atoms with Gasteiger partial charge in [-0.05, 0) is 60.2 Å². The fourth-order valence-electron chi connectivity index (χ4n) is 2.84. The van der Waals surface area contributed by atoms with E-state index in [4.69, 9.17) is 14.2 Å². The van der Waals surface area contributed by atoms with Crippen molar-refractivity contribution >= 4 is 23.9 Å². The Bertz CT molecular complexity index is 1200. The fraction of sp³-hybridized carbons (Fsp3) is 0.0417. The third-order valence-corrected chi connectivity index (χ3v) is 4.45. The van der Waals surface area contributed by atoms with Gasteiger partial charge in [0.2, 0.25) is 5.90 Å². The van der Waals surface area contributed by atoms with Gasteiger partial charge in [-0.15, -0.1) is 0 Å². The second kappa shape index (κ2) is 8.62. The maximum Gasteiger partial charge on any atom is 0.363 e. The van der Waals surface area contributed by atoms with Crippen LogP contribution in [-0.4, -0.2) is 24.9 Å². The Labute approximate surface area is 177 Å². The number of cyclic esters (lactones) is 1. The molecule has 4 rings (SSSR count). The van der Waals surface area contributed by atoms with E-state index < -0.39 is 17.8 Å². The van der Waals surface area contributed by atoms with Crippen LogP contribution in [0.3, 0.4) is 0 Å². The molecule has 7 heteroatoms. The number of esters is 2. The number of rotatable bonds is 5. The van der Waals surface area contributed by atoms with Gasteiger partial charge in [-0.1, -0.05) is 24.3 Å². The molecule has 0 aliphatic carbocycles. The van der Waals surface area contributed by atoms with Crippen LogP contribution in [0.4, 0.5) is 4.39 Å². The molecule has 0 aromatic heterocycles. The van der Waals surface area contributed by atoms with Crippen molar-refractivity contribution in [3.05, 3.63) is 101 Å². The first kappa shape index (κ1) is 20.0. The molecule has 3 aromatic carbocycles. The molecule has 1 heterocycles. The molecule has 154 valence electrons. The molecule has 0 spiro atoms. The van der Waals surface area contributed by atoms with Crippen molar-refractivity contribution in [1.82, 2.24) is 0 Å². The van der Waals surface area contributed by atoms with Crippen LogP contribution in [0.25, 0.3) is 6.08 Å². The number of halogens is 1. The number of carbonyl (C=O) groups excluding carboxylic acids is 2. The van der Waals surface area contributed by atoms with Crippen molar-refractivity contribution in [3.63, 3.8) is 0 Å². The molecule has 31 heavy (non-hydrogen) atoms. The molecule has 0 unspecified atom stereocenters. The Hall–Kier alpha value is -4.26. The summed E-state index contributed by atoms with van der Waals surface area (Å²) in [6, 6.07) is 18.9. The zero-order chi connectivity index (χ0) is 21.8. The third kappa shape index (κ3) is 4.51. The molecule has 0 radical (unpaired) electrons. The predicted molar refractivity (Wildman–Crippen MR) is 111 cm³/mol. The molecule has 0 N–H and O–H groups in total. The smallest absolute Gasteiger partial charge is 0.363 e. The van der Waals surface area contributed by atoms with E-state index in [1.54, 1.807) is 67.8 Å². The van der Waals surface area contributed by atoms with Crippen molar-refractivity contribution in [2.75, 3.05) is 7.11 Å². The Balaban J connectivity index is 1.48. The zero-order valence-corrected chi connectivity index (χ0v) is 16.4. The number of aliphatic imine (C=N–C) groups is 1. The van der Waals surface area contributed by atoms with Gasteiger partial charge >= 0.3 is 11.9 Å². The second-order valence-electron chi connectivity index (χ2n) is 6.50. The maximum atomic E-state index is 13.7. The number of nitrogens with zero attached hydrogens (tertiary/aromatic N) is 1. The van der Waals surface area contributed by atoms with Crippen molar-refractivity contribution in [3.8, 4) is 11.5 Å². The van der Waals surface area contributed by atoms with E-state index >= 15 is 0 Å². The summed E-state index contributed by atoms with van der Waals surface area (Å²) >= 11 is 0. The SMILES string of the molecule is COc1ccc(C2=N/C(=C/c3ccc(OC(=O)c4ccccc4F)cc3)C(=O)O2)cc1. The minimum Gasteiger partial charge on any atom is -0.497 e. The van der Waals surface area contributed by atoms with Crippen LogP contribution in [0, 0.1) is 5.82 Å². The molecular weight excluding hydrogens is 401 g/mol. The van der Waals surface area contributed by atoms with E-state index in [-0.39, 0.29) is 22.9 Å². The number of benzene rings is 3. The lowest BCUT2D eigenvalue weighted by Crippen LogP contribution is -2.10. The maximum absolute atomic E-state index is 13.7. The third-order valence-electron chi connectivity index (χ3n) is 4.45. The molecular formula is C24H16FNO5. The van der Waals surface area contributed by atoms with E-state index in [0.717, 1.165) is 0 Å². The van der Waals surface area contributed by atoms with Crippen molar-refractivity contribution in [1.29, 1.82) is 0 Å². The summed E-state index contributed by atoms with van der Waals surface area (Å²) in [5.41, 5.74) is 1.29. The number of methoxy groups -OCH3 is 1. The summed E-state index contributed by atoms with van der Waals surface area (Å²) in [5.74, 6) is -0.890. The molecule has 6 nitrogen and oxygen atoms in total. The summed E-state index contributed by atoms with van der Waals surface area (Å²) in [5, 5.41) is 0. The van der Waals surface area contributed by atoms with Gasteiger partial charge in [0.15, 0.2) is 5.70 Å². The first-order valence-corrected chi connectivity index (χ1v) is 9.27. The number of ether oxygens (including phenoxy) is 3. The van der Waals surface area contributed by atoms with E-state index in [1.165, 1.54) is 18.2 Å². The summed E-state index contributed by atoms with van der Waals surface area (Å²) in [4.78, 5) is 28.5. The van der Waals surface area contributed by atoms with Gasteiger partial charge in [0.05, 0.1) is 12.7 Å². The second-order valence-corrected chi connectivity index (χ2v) is 6.50. The summed E-state index contributed by atoms with van der Waals surface area (Å²) in [7, 11) is 1.56. The number of carbonyl (C=O) groups is 2. The van der Waals surface area contributed by atoms with Crippen LogP contribution in [-0.2, 0) is 9.53 Å². The van der Waals surface area contributed by atoms with E-state index in [9.17, 15) is 14.0 Å². The fourth-order valence-corrected chi connectivity index (χ4v) is 2.84. The first-order chi connectivity index (χ1) is 15.0. The van der Waals surface area contributed by atoms with Gasteiger partial charge in [-0.2, -0.15) is 0 Å². The summed E-state index contributed by atoms with van der Waals surface area (Å²) in [6.45, 7) is 0. The van der Waals surface area contributed by atoms with Crippen LogP contribution in [0.5, 0.6) is 11.5 Å². The summed E-state index contributed by atoms with van der Waals surface area (Å²) < 4.78 is 29.2. The highest BCUT2D eigenvalue weighted by atomic mass is 19.1. The number of hydrogen-bond donors (Lipinski definition) is 0. The monoisotopic (exact) mass is 417 g/mol. The van der Waals surface area contributed by atoms with Crippen LogP contribution < -0.4 is 9.47 Å². The lowest BCUT2D eigenvalue weighted by Gasteiger charge is -2.05. The Morgan fingerprint density at radius 3 is 2.32 bits per heavy atom. The molecule has 0 bridgehead atoms. The quantitative estimate of drug-likeness (QED) is 0.350. The highest BCUT2D eigenvalue weighted by Gasteiger charge is 2.24. The average Bonchev–Trinajstić information content (AvgIpc) is 3.15. The summed E-state index contributed by atoms with van der Waals surface area (Å²) in [6.07, 6.45) is 1.56. The Kier molecular flexibility index (Phi) is 5.57. The normalized spacial score (nSPS) is 14.2. The first-order valence-electron chi connectivity index (χ1n) is 9.27. The minimum atomic E-state index is -0.794. The van der Waals surface area contributed by atoms with Crippen molar-refractivity contribution in [2.24, 2.45) is 4.99 Å². The number of hydrogen-bond acceptors (Lipinski definition) is 6. The van der Waals surface area contributed by atoms with E-state index in [2.05, 4.69) is 4.99 Å². The molecule has 1 aliphatic rings. The molecule has 0 atom stereocenters. The van der Waals surface area contributed by atoms with E-state index in [0.29, 0.717) is 16.9 Å². The molecule has 0 saturated heterocycles. The van der Waals surface area contributed by atoms with Crippen LogP contribution in [0.1, 0.15) is 21.5 Å². The van der Waals surface area contributed by atoms with Crippen molar-refractivity contribution in [2.45, 2.75) is 0 Å².